The summed E-state index contributed by atoms with van der Waals surface area (Å²) < 4.78 is 13.3. The molecule has 3 aromatic heterocycles. The van der Waals surface area contributed by atoms with Crippen LogP contribution in [0.3, 0.4) is 0 Å². The third-order valence-electron chi connectivity index (χ3n) is 4.19. The summed E-state index contributed by atoms with van der Waals surface area (Å²) in [5.41, 5.74) is 2.85. The van der Waals surface area contributed by atoms with Crippen molar-refractivity contribution in [1.29, 1.82) is 0 Å². The first-order chi connectivity index (χ1) is 12.4. The van der Waals surface area contributed by atoms with Gasteiger partial charge in [0.15, 0.2) is 5.69 Å². The maximum absolute atomic E-state index is 5.98. The van der Waals surface area contributed by atoms with E-state index in [2.05, 4.69) is 27.4 Å². The van der Waals surface area contributed by atoms with Crippen LogP contribution in [0, 0.1) is 0 Å². The largest absolute Gasteiger partial charge is 0.365 e. The molecule has 7 heteroatoms. The van der Waals surface area contributed by atoms with Crippen LogP contribution < -0.4 is 0 Å². The van der Waals surface area contributed by atoms with Crippen molar-refractivity contribution >= 4 is 11.3 Å². The standard InChI is InChI=1S/C18H14N4O2S/c1-2-5-12(6-3-1)15-10-22-13(11-23-15)9-14(20-22)18-19-17(21-24-18)16-7-4-8-25-16/h1-9,15H,10-11H2. The van der Waals surface area contributed by atoms with Crippen molar-refractivity contribution in [3.05, 3.63) is 65.2 Å². The zero-order chi connectivity index (χ0) is 16.6. The van der Waals surface area contributed by atoms with Crippen molar-refractivity contribution in [2.24, 2.45) is 0 Å². The fourth-order valence-electron chi connectivity index (χ4n) is 2.93. The quantitative estimate of drug-likeness (QED) is 0.560. The Morgan fingerprint density at radius 3 is 2.88 bits per heavy atom. The molecule has 124 valence electrons. The Bertz CT molecular complexity index is 991. The van der Waals surface area contributed by atoms with Gasteiger partial charge in [0.25, 0.3) is 5.89 Å². The van der Waals surface area contributed by atoms with Gasteiger partial charge in [0.05, 0.1) is 23.7 Å². The summed E-state index contributed by atoms with van der Waals surface area (Å²) >= 11 is 1.58. The first kappa shape index (κ1) is 14.6. The van der Waals surface area contributed by atoms with Crippen molar-refractivity contribution in [2.75, 3.05) is 0 Å². The van der Waals surface area contributed by atoms with Crippen LogP contribution in [-0.2, 0) is 17.9 Å². The first-order valence-corrected chi connectivity index (χ1v) is 8.86. The van der Waals surface area contributed by atoms with Crippen LogP contribution in [0.5, 0.6) is 0 Å². The lowest BCUT2D eigenvalue weighted by Gasteiger charge is -2.24. The number of hydrogen-bond donors (Lipinski definition) is 0. The number of fused-ring (bicyclic) bond motifs is 1. The molecule has 1 aliphatic rings. The Hall–Kier alpha value is -2.77. The number of aromatic nitrogens is 4. The average molecular weight is 350 g/mol. The lowest BCUT2D eigenvalue weighted by Crippen LogP contribution is -2.21. The zero-order valence-corrected chi connectivity index (χ0v) is 14.0. The van der Waals surface area contributed by atoms with Crippen LogP contribution in [-0.4, -0.2) is 19.9 Å². The van der Waals surface area contributed by atoms with Crippen molar-refractivity contribution in [1.82, 2.24) is 19.9 Å². The van der Waals surface area contributed by atoms with Crippen LogP contribution in [0.2, 0.25) is 0 Å². The van der Waals surface area contributed by atoms with E-state index in [9.17, 15) is 0 Å². The highest BCUT2D eigenvalue weighted by Crippen LogP contribution is 2.29. The highest BCUT2D eigenvalue weighted by molar-refractivity contribution is 7.13. The molecule has 1 aliphatic heterocycles. The monoisotopic (exact) mass is 350 g/mol. The predicted octanol–water partition coefficient (Wildman–Crippen LogP) is 3.93. The van der Waals surface area contributed by atoms with E-state index in [1.54, 1.807) is 11.3 Å². The molecular weight excluding hydrogens is 336 g/mol. The van der Waals surface area contributed by atoms with E-state index < -0.39 is 0 Å². The van der Waals surface area contributed by atoms with E-state index in [4.69, 9.17) is 9.26 Å². The molecule has 0 saturated carbocycles. The molecule has 0 N–H and O–H groups in total. The number of nitrogens with zero attached hydrogens (tertiary/aromatic N) is 4. The average Bonchev–Trinajstić information content (AvgIpc) is 3.40. The second-order valence-electron chi connectivity index (χ2n) is 5.81. The van der Waals surface area contributed by atoms with E-state index in [-0.39, 0.29) is 6.10 Å². The minimum atomic E-state index is 0.00538. The lowest BCUT2D eigenvalue weighted by molar-refractivity contribution is -0.00113. The Kier molecular flexibility index (Phi) is 3.46. The molecule has 0 saturated heterocycles. The molecule has 1 unspecified atom stereocenters. The van der Waals surface area contributed by atoms with Crippen LogP contribution in [0.15, 0.2) is 58.4 Å². The number of rotatable bonds is 3. The summed E-state index contributed by atoms with van der Waals surface area (Å²) in [5.74, 6) is 1.02. The Balaban J connectivity index is 1.42. The van der Waals surface area contributed by atoms with Gasteiger partial charge in [0.2, 0.25) is 5.82 Å². The van der Waals surface area contributed by atoms with Crippen LogP contribution in [0.4, 0.5) is 0 Å². The van der Waals surface area contributed by atoms with E-state index in [1.807, 2.05) is 46.5 Å². The molecule has 0 bridgehead atoms. The Morgan fingerprint density at radius 2 is 2.04 bits per heavy atom. The maximum atomic E-state index is 5.98. The molecule has 0 amide bonds. The van der Waals surface area contributed by atoms with Gasteiger partial charge >= 0.3 is 0 Å². The van der Waals surface area contributed by atoms with Gasteiger partial charge in [-0.2, -0.15) is 10.1 Å². The molecule has 0 aliphatic carbocycles. The van der Waals surface area contributed by atoms with Gasteiger partial charge in [-0.25, -0.2) is 0 Å². The van der Waals surface area contributed by atoms with Crippen LogP contribution >= 0.6 is 11.3 Å². The molecular formula is C18H14N4O2S. The molecule has 1 atom stereocenters. The van der Waals surface area contributed by atoms with Gasteiger partial charge in [-0.1, -0.05) is 41.6 Å². The minimum Gasteiger partial charge on any atom is -0.365 e. The van der Waals surface area contributed by atoms with Crippen molar-refractivity contribution in [2.45, 2.75) is 19.3 Å². The predicted molar refractivity (Wildman–Crippen MR) is 92.8 cm³/mol. The topological polar surface area (TPSA) is 66.0 Å². The number of ether oxygens (including phenoxy) is 1. The summed E-state index contributed by atoms with van der Waals surface area (Å²) in [6, 6.07) is 16.1. The second-order valence-corrected chi connectivity index (χ2v) is 6.76. The molecule has 6 nitrogen and oxygen atoms in total. The van der Waals surface area contributed by atoms with Crippen molar-refractivity contribution in [3.63, 3.8) is 0 Å². The summed E-state index contributed by atoms with van der Waals surface area (Å²) in [4.78, 5) is 5.44. The molecule has 1 aromatic carbocycles. The van der Waals surface area contributed by atoms with Crippen molar-refractivity contribution in [3.8, 4) is 22.3 Å². The summed E-state index contributed by atoms with van der Waals surface area (Å²) in [6.45, 7) is 1.18. The van der Waals surface area contributed by atoms with Gasteiger partial charge in [0.1, 0.15) is 6.10 Å². The van der Waals surface area contributed by atoms with Crippen molar-refractivity contribution < 1.29 is 9.26 Å². The molecule has 0 radical (unpaired) electrons. The highest BCUT2D eigenvalue weighted by atomic mass is 32.1. The Labute approximate surface area is 147 Å². The summed E-state index contributed by atoms with van der Waals surface area (Å²) in [6.07, 6.45) is 0.00538. The van der Waals surface area contributed by atoms with E-state index in [0.29, 0.717) is 30.6 Å². The van der Waals surface area contributed by atoms with Crippen LogP contribution in [0.25, 0.3) is 22.3 Å². The summed E-state index contributed by atoms with van der Waals surface area (Å²) in [7, 11) is 0. The normalized spacial score (nSPS) is 16.7. The number of thiophene rings is 1. The molecule has 25 heavy (non-hydrogen) atoms. The third kappa shape index (κ3) is 2.67. The van der Waals surface area contributed by atoms with E-state index in [1.165, 1.54) is 0 Å². The summed E-state index contributed by atoms with van der Waals surface area (Å²) in [5, 5.41) is 10.7. The molecule has 0 fully saturated rings. The smallest absolute Gasteiger partial charge is 0.278 e. The van der Waals surface area contributed by atoms with E-state index >= 15 is 0 Å². The fraction of sp³-hybridized carbons (Fsp3) is 0.167. The molecule has 5 rings (SSSR count). The number of benzene rings is 1. The minimum absolute atomic E-state index is 0.00538. The van der Waals surface area contributed by atoms with Gasteiger partial charge < -0.3 is 9.26 Å². The lowest BCUT2D eigenvalue weighted by atomic mass is 10.1. The fourth-order valence-corrected chi connectivity index (χ4v) is 3.58. The first-order valence-electron chi connectivity index (χ1n) is 7.98. The van der Waals surface area contributed by atoms with Gasteiger partial charge in [-0.05, 0) is 23.1 Å². The van der Waals surface area contributed by atoms with Gasteiger partial charge in [0, 0.05) is 0 Å². The molecule has 0 spiro atoms. The third-order valence-corrected chi connectivity index (χ3v) is 5.06. The van der Waals surface area contributed by atoms with Gasteiger partial charge in [-0.3, -0.25) is 4.68 Å². The SMILES string of the molecule is c1ccc(C2Cn3nc(-c4nc(-c5cccs5)no4)cc3CO2)cc1. The van der Waals surface area contributed by atoms with Crippen LogP contribution in [0.1, 0.15) is 17.4 Å². The zero-order valence-electron chi connectivity index (χ0n) is 13.2. The molecule has 4 heterocycles. The maximum Gasteiger partial charge on any atom is 0.278 e. The van der Waals surface area contributed by atoms with E-state index in [0.717, 1.165) is 16.1 Å². The van der Waals surface area contributed by atoms with Gasteiger partial charge in [-0.15, -0.1) is 11.3 Å². The highest BCUT2D eigenvalue weighted by Gasteiger charge is 2.24. The Morgan fingerprint density at radius 1 is 1.12 bits per heavy atom. The number of hydrogen-bond acceptors (Lipinski definition) is 6. The molecule has 4 aromatic rings. The second kappa shape index (κ2) is 5.94.